The first kappa shape index (κ1) is 21.1. The molecule has 1 aliphatic heterocycles. The van der Waals surface area contributed by atoms with Crippen LogP contribution in [0.3, 0.4) is 0 Å². The fourth-order valence-electron chi connectivity index (χ4n) is 4.27. The molecule has 1 heterocycles. The van der Waals surface area contributed by atoms with Gasteiger partial charge in [0.2, 0.25) is 0 Å². The Morgan fingerprint density at radius 2 is 1.75 bits per heavy atom. The van der Waals surface area contributed by atoms with Gasteiger partial charge in [-0.3, -0.25) is 9.89 Å². The highest BCUT2D eigenvalue weighted by molar-refractivity contribution is 5.78. The Kier molecular flexibility index (Phi) is 9.11. The zero-order valence-electron chi connectivity index (χ0n) is 17.3. The number of benzene rings is 1. The van der Waals surface area contributed by atoms with Gasteiger partial charge in [-0.2, -0.15) is 0 Å². The Bertz CT molecular complexity index is 561. The Labute approximate surface area is 170 Å². The minimum absolute atomic E-state index is 0.400. The van der Waals surface area contributed by atoms with Crippen molar-refractivity contribution >= 4 is 5.96 Å². The lowest BCUT2D eigenvalue weighted by Gasteiger charge is -2.31. The number of likely N-dealkylation sites (tertiary alicyclic amines) is 1. The number of guanidine groups is 1. The van der Waals surface area contributed by atoms with Gasteiger partial charge in [-0.25, -0.2) is 0 Å². The first-order valence-electron chi connectivity index (χ1n) is 11.2. The van der Waals surface area contributed by atoms with Crippen molar-refractivity contribution in [2.45, 2.75) is 76.5 Å². The number of nitrogens with two attached hydrogens (primary N) is 1. The number of aliphatic imine (C=N–C) groups is 1. The highest BCUT2D eigenvalue weighted by Crippen LogP contribution is 2.17. The molecule has 1 aromatic carbocycles. The van der Waals surface area contributed by atoms with Gasteiger partial charge in [-0.15, -0.1) is 0 Å². The second-order valence-electron chi connectivity index (χ2n) is 8.29. The third kappa shape index (κ3) is 7.80. The van der Waals surface area contributed by atoms with E-state index >= 15 is 0 Å². The Morgan fingerprint density at radius 3 is 2.46 bits per heavy atom. The zero-order valence-corrected chi connectivity index (χ0v) is 17.3. The van der Waals surface area contributed by atoms with Gasteiger partial charge in [0, 0.05) is 38.8 Å². The van der Waals surface area contributed by atoms with Gasteiger partial charge >= 0.3 is 0 Å². The second kappa shape index (κ2) is 12.1. The topological polar surface area (TPSA) is 62.9 Å². The summed E-state index contributed by atoms with van der Waals surface area (Å²) >= 11 is 0. The van der Waals surface area contributed by atoms with E-state index in [4.69, 9.17) is 10.5 Å². The number of nitrogens with one attached hydrogen (secondary N) is 1. The highest BCUT2D eigenvalue weighted by atomic mass is 16.5. The summed E-state index contributed by atoms with van der Waals surface area (Å²) in [7, 11) is 0. The van der Waals surface area contributed by atoms with Crippen molar-refractivity contribution in [2.75, 3.05) is 26.2 Å². The Morgan fingerprint density at radius 1 is 1.04 bits per heavy atom. The van der Waals surface area contributed by atoms with Gasteiger partial charge in [0.05, 0.1) is 6.10 Å². The largest absolute Gasteiger partial charge is 0.378 e. The van der Waals surface area contributed by atoms with Crippen LogP contribution in [0, 0.1) is 0 Å². The van der Waals surface area contributed by atoms with Crippen LogP contribution in [0.25, 0.3) is 0 Å². The third-order valence-corrected chi connectivity index (χ3v) is 5.93. The minimum Gasteiger partial charge on any atom is -0.378 e. The maximum atomic E-state index is 6.07. The molecule has 0 spiro atoms. The van der Waals surface area contributed by atoms with E-state index in [9.17, 15) is 0 Å². The smallest absolute Gasteiger partial charge is 0.188 e. The molecule has 0 unspecified atom stereocenters. The molecule has 1 saturated carbocycles. The number of nitrogens with zero attached hydrogens (tertiary/aromatic N) is 2. The van der Waals surface area contributed by atoms with E-state index in [1.807, 2.05) is 0 Å². The van der Waals surface area contributed by atoms with Crippen LogP contribution >= 0.6 is 0 Å². The molecule has 5 nitrogen and oxygen atoms in total. The minimum atomic E-state index is 0.400. The van der Waals surface area contributed by atoms with Crippen LogP contribution in [-0.2, 0) is 11.3 Å². The van der Waals surface area contributed by atoms with E-state index in [0.717, 1.165) is 52.0 Å². The number of ether oxygens (including phenoxy) is 1. The molecule has 0 radical (unpaired) electrons. The Hall–Kier alpha value is -1.59. The highest BCUT2D eigenvalue weighted by Gasteiger charge is 2.19. The molecule has 3 N–H and O–H groups in total. The second-order valence-corrected chi connectivity index (χ2v) is 8.29. The maximum absolute atomic E-state index is 6.07. The molecule has 156 valence electrons. The summed E-state index contributed by atoms with van der Waals surface area (Å²) in [6.45, 7) is 4.82. The predicted octanol–water partition coefficient (Wildman–Crippen LogP) is 3.68. The van der Waals surface area contributed by atoms with Crippen LogP contribution < -0.4 is 11.1 Å². The molecule has 1 aliphatic carbocycles. The van der Waals surface area contributed by atoms with E-state index < -0.39 is 0 Å². The first-order chi connectivity index (χ1) is 13.8. The molecule has 3 rings (SSSR count). The molecular formula is C23H38N4O. The van der Waals surface area contributed by atoms with Crippen LogP contribution in [0.1, 0.15) is 63.4 Å². The lowest BCUT2D eigenvalue weighted by molar-refractivity contribution is 0.00566. The van der Waals surface area contributed by atoms with Crippen molar-refractivity contribution in [1.29, 1.82) is 0 Å². The van der Waals surface area contributed by atoms with Crippen molar-refractivity contribution in [2.24, 2.45) is 10.7 Å². The number of hydrogen-bond donors (Lipinski definition) is 2. The van der Waals surface area contributed by atoms with Crippen LogP contribution in [0.4, 0.5) is 0 Å². The maximum Gasteiger partial charge on any atom is 0.188 e. The van der Waals surface area contributed by atoms with Crippen molar-refractivity contribution in [3.63, 3.8) is 0 Å². The molecule has 0 atom stereocenters. The molecule has 0 aromatic heterocycles. The standard InChI is InChI=1S/C23H38N4O/c24-23(26-21-11-6-1-2-7-12-21)25-15-8-18-28-22-13-16-27(17-14-22)19-20-9-4-3-5-10-20/h3-5,9-10,21-22H,1-2,6-8,11-19H2,(H3,24,25,26). The molecule has 5 heteroatoms. The van der Waals surface area contributed by atoms with Gasteiger partial charge in [-0.05, 0) is 37.7 Å². The van der Waals surface area contributed by atoms with E-state index in [1.54, 1.807) is 0 Å². The van der Waals surface area contributed by atoms with Crippen molar-refractivity contribution in [1.82, 2.24) is 10.2 Å². The summed E-state index contributed by atoms with van der Waals surface area (Å²) in [6, 6.07) is 11.2. The predicted molar refractivity (Wildman–Crippen MR) is 116 cm³/mol. The fraction of sp³-hybridized carbons (Fsp3) is 0.696. The van der Waals surface area contributed by atoms with Crippen molar-refractivity contribution < 1.29 is 4.74 Å². The molecular weight excluding hydrogens is 348 g/mol. The van der Waals surface area contributed by atoms with Crippen molar-refractivity contribution in [3.05, 3.63) is 35.9 Å². The van der Waals surface area contributed by atoms with Crippen LogP contribution in [0.5, 0.6) is 0 Å². The first-order valence-corrected chi connectivity index (χ1v) is 11.2. The molecule has 2 aliphatic rings. The summed E-state index contributed by atoms with van der Waals surface area (Å²) in [4.78, 5) is 7.01. The Balaban J connectivity index is 1.24. The lowest BCUT2D eigenvalue weighted by atomic mass is 10.1. The van der Waals surface area contributed by atoms with E-state index in [1.165, 1.54) is 44.1 Å². The van der Waals surface area contributed by atoms with Crippen LogP contribution in [0.2, 0.25) is 0 Å². The van der Waals surface area contributed by atoms with Crippen molar-refractivity contribution in [3.8, 4) is 0 Å². The van der Waals surface area contributed by atoms with Gasteiger partial charge in [0.25, 0.3) is 0 Å². The number of rotatable bonds is 8. The van der Waals surface area contributed by atoms with Crippen LogP contribution in [-0.4, -0.2) is 49.2 Å². The van der Waals surface area contributed by atoms with Gasteiger partial charge < -0.3 is 15.8 Å². The lowest BCUT2D eigenvalue weighted by Crippen LogP contribution is -2.40. The van der Waals surface area contributed by atoms with Gasteiger partial charge in [-0.1, -0.05) is 56.0 Å². The molecule has 28 heavy (non-hydrogen) atoms. The van der Waals surface area contributed by atoms with E-state index in [2.05, 4.69) is 45.5 Å². The molecule has 0 amide bonds. The van der Waals surface area contributed by atoms with E-state index in [0.29, 0.717) is 18.1 Å². The van der Waals surface area contributed by atoms with E-state index in [-0.39, 0.29) is 0 Å². The fourth-order valence-corrected chi connectivity index (χ4v) is 4.27. The van der Waals surface area contributed by atoms with Gasteiger partial charge in [0.15, 0.2) is 5.96 Å². The average Bonchev–Trinajstić information content (AvgIpc) is 2.98. The number of piperidine rings is 1. The summed E-state index contributed by atoms with van der Waals surface area (Å²) in [6.07, 6.45) is 11.4. The summed E-state index contributed by atoms with van der Waals surface area (Å²) in [5.74, 6) is 0.612. The molecule has 2 fully saturated rings. The quantitative estimate of drug-likeness (QED) is 0.310. The summed E-state index contributed by atoms with van der Waals surface area (Å²) < 4.78 is 6.07. The average molecular weight is 387 g/mol. The number of hydrogen-bond acceptors (Lipinski definition) is 3. The van der Waals surface area contributed by atoms with Gasteiger partial charge in [0.1, 0.15) is 0 Å². The monoisotopic (exact) mass is 386 g/mol. The summed E-state index contributed by atoms with van der Waals surface area (Å²) in [5, 5.41) is 3.41. The molecule has 1 saturated heterocycles. The zero-order chi connectivity index (χ0) is 19.4. The molecule has 0 bridgehead atoms. The normalized spacial score (nSPS) is 20.8. The molecule has 1 aromatic rings. The van der Waals surface area contributed by atoms with Crippen LogP contribution in [0.15, 0.2) is 35.3 Å². The third-order valence-electron chi connectivity index (χ3n) is 5.93. The summed E-state index contributed by atoms with van der Waals surface area (Å²) in [5.41, 5.74) is 7.45. The SMILES string of the molecule is NC(=NCCCOC1CCN(Cc2ccccc2)CC1)NC1CCCCCC1.